The van der Waals surface area contributed by atoms with Gasteiger partial charge in [0.2, 0.25) is 0 Å². The number of benzene rings is 2. The van der Waals surface area contributed by atoms with Crippen molar-refractivity contribution in [3.63, 3.8) is 0 Å². The molecule has 32 heavy (non-hydrogen) atoms. The van der Waals surface area contributed by atoms with E-state index in [0.717, 1.165) is 11.0 Å². The zero-order valence-electron chi connectivity index (χ0n) is 17.9. The van der Waals surface area contributed by atoms with Gasteiger partial charge in [-0.2, -0.15) is 0 Å². The topological polar surface area (TPSA) is 71.4 Å². The number of pyridine rings is 1. The molecule has 1 heterocycles. The zero-order chi connectivity index (χ0) is 23.6. The van der Waals surface area contributed by atoms with E-state index in [4.69, 9.17) is 11.6 Å². The second-order valence-corrected chi connectivity index (χ2v) is 9.57. The largest absolute Gasteiger partial charge is 0.373 e. The first-order valence-corrected chi connectivity index (χ1v) is 11.5. The highest BCUT2D eigenvalue weighted by Gasteiger charge is 2.15. The molecule has 168 valence electrons. The van der Waals surface area contributed by atoms with Crippen LogP contribution in [0.15, 0.2) is 65.4 Å². The van der Waals surface area contributed by atoms with Gasteiger partial charge in [0, 0.05) is 44.0 Å². The summed E-state index contributed by atoms with van der Waals surface area (Å²) in [5.41, 5.74) is 3.57. The van der Waals surface area contributed by atoms with Gasteiger partial charge in [0.15, 0.2) is 0 Å². The van der Waals surface area contributed by atoms with Crippen LogP contribution in [0.1, 0.15) is 11.1 Å². The monoisotopic (exact) mass is 475 g/mol. The molecular weight excluding hydrogens is 453 g/mol. The molecule has 0 spiro atoms. The van der Waals surface area contributed by atoms with Gasteiger partial charge in [0.1, 0.15) is 11.5 Å². The van der Waals surface area contributed by atoms with Gasteiger partial charge in [-0.3, -0.25) is 9.52 Å². The van der Waals surface area contributed by atoms with Crippen molar-refractivity contribution in [1.82, 2.24) is 4.57 Å². The van der Waals surface area contributed by atoms with Gasteiger partial charge in [-0.05, 0) is 53.4 Å². The third kappa shape index (κ3) is 5.20. The number of rotatable bonds is 7. The molecular formula is C23H23ClFN3O3S. The quantitative estimate of drug-likeness (QED) is 0.550. The van der Waals surface area contributed by atoms with E-state index < -0.39 is 15.8 Å². The molecule has 1 aromatic heterocycles. The first-order chi connectivity index (χ1) is 15.0. The van der Waals surface area contributed by atoms with Crippen LogP contribution >= 0.6 is 11.6 Å². The number of sulfonamides is 1. The first-order valence-electron chi connectivity index (χ1n) is 9.61. The molecule has 0 saturated heterocycles. The van der Waals surface area contributed by atoms with E-state index in [-0.39, 0.29) is 10.6 Å². The summed E-state index contributed by atoms with van der Waals surface area (Å²) < 4.78 is 41.8. The Bertz CT molecular complexity index is 1350. The van der Waals surface area contributed by atoms with Crippen molar-refractivity contribution in [2.24, 2.45) is 7.05 Å². The van der Waals surface area contributed by atoms with Crippen LogP contribution in [0.2, 0.25) is 5.02 Å². The molecule has 3 rings (SSSR count). The molecule has 0 aliphatic rings. The Morgan fingerprint density at radius 1 is 1.19 bits per heavy atom. The van der Waals surface area contributed by atoms with E-state index >= 15 is 0 Å². The van der Waals surface area contributed by atoms with Crippen LogP contribution in [0.25, 0.3) is 11.1 Å². The number of nitrogens with one attached hydrogen (secondary N) is 1. The molecule has 1 N–H and O–H groups in total. The van der Waals surface area contributed by atoms with Crippen LogP contribution in [-0.4, -0.2) is 27.1 Å². The first kappa shape index (κ1) is 23.6. The Morgan fingerprint density at radius 3 is 2.53 bits per heavy atom. The molecule has 2 aromatic carbocycles. The summed E-state index contributed by atoms with van der Waals surface area (Å²) in [5, 5.41) is 0.866. The van der Waals surface area contributed by atoms with Gasteiger partial charge in [0.05, 0.1) is 5.02 Å². The smallest absolute Gasteiger partial charge is 0.273 e. The molecule has 0 unspecified atom stereocenters. The second kappa shape index (κ2) is 9.18. The summed E-state index contributed by atoms with van der Waals surface area (Å²) in [7, 11) is 1.49. The van der Waals surface area contributed by atoms with Crippen LogP contribution in [0, 0.1) is 5.82 Å². The predicted octanol–water partition coefficient (Wildman–Crippen LogP) is 4.39. The van der Waals surface area contributed by atoms with Crippen molar-refractivity contribution in [3.8, 4) is 11.1 Å². The lowest BCUT2D eigenvalue weighted by Gasteiger charge is -2.18. The normalized spacial score (nSPS) is 11.3. The average molecular weight is 476 g/mol. The number of hydrogen-bond acceptors (Lipinski definition) is 4. The van der Waals surface area contributed by atoms with E-state index in [0.29, 0.717) is 34.5 Å². The van der Waals surface area contributed by atoms with Crippen molar-refractivity contribution in [2.75, 3.05) is 23.7 Å². The van der Waals surface area contributed by atoms with Crippen LogP contribution in [-0.2, 0) is 23.5 Å². The van der Waals surface area contributed by atoms with Gasteiger partial charge in [-0.1, -0.05) is 30.3 Å². The number of halogens is 2. The van der Waals surface area contributed by atoms with E-state index in [2.05, 4.69) is 11.3 Å². The molecule has 6 nitrogen and oxygen atoms in total. The number of hydrogen-bond donors (Lipinski definition) is 1. The number of aryl methyl sites for hydroxylation is 1. The Labute approximate surface area is 191 Å². The molecule has 0 amide bonds. The van der Waals surface area contributed by atoms with Gasteiger partial charge < -0.3 is 9.47 Å². The second-order valence-electron chi connectivity index (χ2n) is 7.54. The maximum atomic E-state index is 14.0. The van der Waals surface area contributed by atoms with Crippen molar-refractivity contribution in [3.05, 3.63) is 93.0 Å². The minimum Gasteiger partial charge on any atom is -0.373 e. The van der Waals surface area contributed by atoms with E-state index in [1.165, 1.54) is 16.7 Å². The Kier molecular flexibility index (Phi) is 6.76. The van der Waals surface area contributed by atoms with Gasteiger partial charge in [-0.15, -0.1) is 0 Å². The molecule has 0 bridgehead atoms. The lowest BCUT2D eigenvalue weighted by atomic mass is 9.95. The van der Waals surface area contributed by atoms with E-state index in [1.807, 2.05) is 0 Å². The van der Waals surface area contributed by atoms with Gasteiger partial charge >= 0.3 is 0 Å². The van der Waals surface area contributed by atoms with Crippen LogP contribution in [0.4, 0.5) is 15.8 Å². The van der Waals surface area contributed by atoms with Gasteiger partial charge in [-0.25, -0.2) is 12.8 Å². The van der Waals surface area contributed by atoms with Crippen molar-refractivity contribution >= 4 is 33.0 Å². The Hall–Kier alpha value is -3.10. The molecule has 0 aliphatic carbocycles. The van der Waals surface area contributed by atoms with Crippen molar-refractivity contribution < 1.29 is 12.8 Å². The summed E-state index contributed by atoms with van der Waals surface area (Å²) >= 11 is 5.80. The molecule has 0 radical (unpaired) electrons. The average Bonchev–Trinajstić information content (AvgIpc) is 2.73. The summed E-state index contributed by atoms with van der Waals surface area (Å²) in [6, 6.07) is 11.4. The number of nitrogens with zero attached hydrogens (tertiary/aromatic N) is 2. The zero-order valence-corrected chi connectivity index (χ0v) is 19.5. The van der Waals surface area contributed by atoms with E-state index in [9.17, 15) is 17.6 Å². The summed E-state index contributed by atoms with van der Waals surface area (Å²) in [6.45, 7) is 3.31. The maximum Gasteiger partial charge on any atom is 0.273 e. The molecule has 0 saturated carbocycles. The third-order valence-corrected chi connectivity index (χ3v) is 6.19. The predicted molar refractivity (Wildman–Crippen MR) is 128 cm³/mol. The summed E-state index contributed by atoms with van der Waals surface area (Å²) in [4.78, 5) is 14.2. The van der Waals surface area contributed by atoms with Crippen LogP contribution in [0.3, 0.4) is 0 Å². The molecule has 9 heteroatoms. The van der Waals surface area contributed by atoms with Crippen LogP contribution in [0.5, 0.6) is 0 Å². The number of anilines is 2. The highest BCUT2D eigenvalue weighted by Crippen LogP contribution is 2.31. The Balaban J connectivity index is 2.19. The lowest BCUT2D eigenvalue weighted by molar-refractivity contribution is 0.609. The fourth-order valence-electron chi connectivity index (χ4n) is 3.30. The standard InChI is InChI=1S/C23H23ClFN3O3S/c1-5-32(30,31)26-18-8-7-16(10-15-6-9-20(24)21(25)11-15)19(13-18)17-12-22(27(2)3)23(29)28(4)14-17/h5-9,11-14,26H,1,10H2,2-4H3. The fourth-order valence-corrected chi connectivity index (χ4v) is 3.96. The fraction of sp³-hybridized carbons (Fsp3) is 0.174. The third-order valence-electron chi connectivity index (χ3n) is 4.93. The Morgan fingerprint density at radius 2 is 1.91 bits per heavy atom. The van der Waals surface area contributed by atoms with Gasteiger partial charge in [0.25, 0.3) is 15.6 Å². The SMILES string of the molecule is C=CS(=O)(=O)Nc1ccc(Cc2ccc(Cl)c(F)c2)c(-c2cc(N(C)C)c(=O)n(C)c2)c1. The highest BCUT2D eigenvalue weighted by atomic mass is 35.5. The van der Waals surface area contributed by atoms with E-state index in [1.54, 1.807) is 62.6 Å². The maximum absolute atomic E-state index is 14.0. The highest BCUT2D eigenvalue weighted by molar-refractivity contribution is 7.95. The molecule has 0 aliphatic heterocycles. The number of aromatic nitrogens is 1. The lowest BCUT2D eigenvalue weighted by Crippen LogP contribution is -2.25. The molecule has 0 fully saturated rings. The summed E-state index contributed by atoms with van der Waals surface area (Å²) in [5.74, 6) is -0.516. The van der Waals surface area contributed by atoms with Crippen molar-refractivity contribution in [1.29, 1.82) is 0 Å². The minimum atomic E-state index is -3.70. The summed E-state index contributed by atoms with van der Waals surface area (Å²) in [6.07, 6.45) is 2.06. The van der Waals surface area contributed by atoms with Crippen molar-refractivity contribution in [2.45, 2.75) is 6.42 Å². The minimum absolute atomic E-state index is 0.0387. The van der Waals surface area contributed by atoms with Crippen LogP contribution < -0.4 is 15.2 Å². The molecule has 0 atom stereocenters. The molecule has 3 aromatic rings.